The molecule has 27 heavy (non-hydrogen) atoms. The lowest BCUT2D eigenvalue weighted by Gasteiger charge is -2.38. The molecule has 0 aliphatic carbocycles. The predicted molar refractivity (Wildman–Crippen MR) is 99.9 cm³/mol. The molecule has 0 saturated carbocycles. The van der Waals surface area contributed by atoms with Crippen molar-refractivity contribution >= 4 is 17.2 Å². The fraction of sp³-hybridized carbons (Fsp3) is 0.421. The van der Waals surface area contributed by atoms with E-state index >= 15 is 0 Å². The van der Waals surface area contributed by atoms with Gasteiger partial charge in [0, 0.05) is 38.3 Å². The van der Waals surface area contributed by atoms with Crippen LogP contribution in [0.3, 0.4) is 0 Å². The Kier molecular flexibility index (Phi) is 6.18. The van der Waals surface area contributed by atoms with Gasteiger partial charge in [0.15, 0.2) is 0 Å². The molecular weight excluding hydrogens is 375 g/mol. The van der Waals surface area contributed by atoms with Gasteiger partial charge in [-0.3, -0.25) is 9.69 Å². The van der Waals surface area contributed by atoms with Crippen molar-refractivity contribution < 1.29 is 18.0 Å². The number of amides is 1. The number of halogens is 3. The van der Waals surface area contributed by atoms with E-state index in [1.54, 1.807) is 11.3 Å². The Bertz CT molecular complexity index is 739. The first-order chi connectivity index (χ1) is 12.8. The lowest BCUT2D eigenvalue weighted by Crippen LogP contribution is -2.48. The number of carbonyl (C=O) groups is 1. The third-order valence-corrected chi connectivity index (χ3v) is 5.54. The summed E-state index contributed by atoms with van der Waals surface area (Å²) in [5.41, 5.74) is 0.621. The van der Waals surface area contributed by atoms with Gasteiger partial charge in [0.1, 0.15) is 0 Å². The summed E-state index contributed by atoms with van der Waals surface area (Å²) in [6, 6.07) is 6.42. The molecule has 1 amide bonds. The molecular formula is C19H22F3N3OS. The van der Waals surface area contributed by atoms with Gasteiger partial charge in [-0.1, -0.05) is 0 Å². The van der Waals surface area contributed by atoms with Crippen molar-refractivity contribution in [3.8, 4) is 0 Å². The maximum absolute atomic E-state index is 12.7. The van der Waals surface area contributed by atoms with E-state index in [1.807, 2.05) is 5.38 Å². The summed E-state index contributed by atoms with van der Waals surface area (Å²) >= 11 is 1.61. The van der Waals surface area contributed by atoms with Crippen LogP contribution in [0, 0.1) is 0 Å². The molecule has 4 nitrogen and oxygen atoms in total. The summed E-state index contributed by atoms with van der Waals surface area (Å²) in [5.74, 6) is -0.363. The summed E-state index contributed by atoms with van der Waals surface area (Å²) in [7, 11) is 2.09. The standard InChI is InChI=1S/C19H22F3N3OS/c1-24-7-9-25(10-8-24)17(15-6-11-27-13-15)12-23-18(26)14-2-4-16(5-3-14)19(20,21)22/h2-6,11,13,17H,7-10,12H2,1H3,(H,23,26)/t17-/m1/s1. The van der Waals surface area contributed by atoms with Crippen molar-refractivity contribution in [1.29, 1.82) is 0 Å². The molecule has 3 rings (SSSR count). The van der Waals surface area contributed by atoms with Gasteiger partial charge in [0.05, 0.1) is 11.6 Å². The van der Waals surface area contributed by atoms with Crippen molar-refractivity contribution in [3.63, 3.8) is 0 Å². The number of carbonyl (C=O) groups excluding carboxylic acids is 1. The highest BCUT2D eigenvalue weighted by atomic mass is 32.1. The maximum Gasteiger partial charge on any atom is 0.416 e. The number of nitrogens with zero attached hydrogens (tertiary/aromatic N) is 2. The molecule has 1 N–H and O–H groups in total. The van der Waals surface area contributed by atoms with E-state index in [0.717, 1.165) is 43.9 Å². The van der Waals surface area contributed by atoms with Crippen LogP contribution in [0.15, 0.2) is 41.1 Å². The molecule has 1 aromatic carbocycles. The van der Waals surface area contributed by atoms with Crippen LogP contribution >= 0.6 is 11.3 Å². The molecule has 0 spiro atoms. The smallest absolute Gasteiger partial charge is 0.350 e. The minimum Gasteiger partial charge on any atom is -0.350 e. The third-order valence-electron chi connectivity index (χ3n) is 4.84. The SMILES string of the molecule is CN1CCN([C@H](CNC(=O)c2ccc(C(F)(F)F)cc2)c2ccsc2)CC1. The van der Waals surface area contributed by atoms with E-state index in [9.17, 15) is 18.0 Å². The molecule has 0 bridgehead atoms. The van der Waals surface area contributed by atoms with Crippen LogP contribution < -0.4 is 5.32 Å². The van der Waals surface area contributed by atoms with Crippen molar-refractivity contribution in [3.05, 3.63) is 57.8 Å². The molecule has 1 aromatic heterocycles. The Morgan fingerprint density at radius 1 is 1.15 bits per heavy atom. The van der Waals surface area contributed by atoms with Crippen molar-refractivity contribution in [2.75, 3.05) is 39.8 Å². The monoisotopic (exact) mass is 397 g/mol. The molecule has 0 unspecified atom stereocenters. The Morgan fingerprint density at radius 3 is 2.37 bits per heavy atom. The fourth-order valence-corrected chi connectivity index (χ4v) is 3.87. The zero-order chi connectivity index (χ0) is 19.4. The molecule has 2 aromatic rings. The van der Waals surface area contributed by atoms with E-state index in [-0.39, 0.29) is 17.5 Å². The largest absolute Gasteiger partial charge is 0.416 e. The van der Waals surface area contributed by atoms with Gasteiger partial charge < -0.3 is 10.2 Å². The molecule has 1 atom stereocenters. The van der Waals surface area contributed by atoms with Crippen LogP contribution in [0.25, 0.3) is 0 Å². The van der Waals surface area contributed by atoms with Gasteiger partial charge in [0.25, 0.3) is 5.91 Å². The normalized spacial score (nSPS) is 17.6. The Morgan fingerprint density at radius 2 is 1.81 bits per heavy atom. The number of nitrogens with one attached hydrogen (secondary N) is 1. The predicted octanol–water partition coefficient (Wildman–Crippen LogP) is 3.49. The number of benzene rings is 1. The van der Waals surface area contributed by atoms with Crippen LogP contribution in [-0.4, -0.2) is 55.5 Å². The molecule has 146 valence electrons. The summed E-state index contributed by atoms with van der Waals surface area (Å²) in [5, 5.41) is 6.97. The minimum absolute atomic E-state index is 0.0587. The van der Waals surface area contributed by atoms with Gasteiger partial charge in [-0.25, -0.2) is 0 Å². The topological polar surface area (TPSA) is 35.6 Å². The van der Waals surface area contributed by atoms with E-state index in [2.05, 4.69) is 33.6 Å². The second-order valence-corrected chi connectivity index (χ2v) is 7.48. The second-order valence-electron chi connectivity index (χ2n) is 6.70. The molecule has 8 heteroatoms. The van der Waals surface area contributed by atoms with Crippen LogP contribution in [0.4, 0.5) is 13.2 Å². The molecule has 1 aliphatic rings. The van der Waals surface area contributed by atoms with Crippen molar-refractivity contribution in [1.82, 2.24) is 15.1 Å². The molecule has 1 saturated heterocycles. The van der Waals surface area contributed by atoms with E-state index in [4.69, 9.17) is 0 Å². The summed E-state index contributed by atoms with van der Waals surface area (Å²) in [4.78, 5) is 17.0. The number of hydrogen-bond acceptors (Lipinski definition) is 4. The number of likely N-dealkylation sites (N-methyl/N-ethyl adjacent to an activating group) is 1. The summed E-state index contributed by atoms with van der Waals surface area (Å²) in [6.07, 6.45) is -4.40. The average Bonchev–Trinajstić information content (AvgIpc) is 3.17. The number of piperazine rings is 1. The second kappa shape index (κ2) is 8.41. The van der Waals surface area contributed by atoms with E-state index in [0.29, 0.717) is 6.54 Å². The first-order valence-corrected chi connectivity index (χ1v) is 9.69. The van der Waals surface area contributed by atoms with Crippen LogP contribution in [0.1, 0.15) is 27.5 Å². The van der Waals surface area contributed by atoms with Gasteiger partial charge in [-0.05, 0) is 53.7 Å². The van der Waals surface area contributed by atoms with Gasteiger partial charge in [-0.15, -0.1) is 0 Å². The zero-order valence-corrected chi connectivity index (χ0v) is 15.8. The quantitative estimate of drug-likeness (QED) is 0.839. The molecule has 2 heterocycles. The highest BCUT2D eigenvalue weighted by Gasteiger charge is 2.30. The average molecular weight is 397 g/mol. The lowest BCUT2D eigenvalue weighted by atomic mass is 10.1. The Labute approximate surface area is 160 Å². The van der Waals surface area contributed by atoms with Crippen LogP contribution in [-0.2, 0) is 6.18 Å². The summed E-state index contributed by atoms with van der Waals surface area (Å²) in [6.45, 7) is 4.17. The van der Waals surface area contributed by atoms with Gasteiger partial charge in [0.2, 0.25) is 0 Å². The minimum atomic E-state index is -4.40. The van der Waals surface area contributed by atoms with E-state index in [1.165, 1.54) is 12.1 Å². The highest BCUT2D eigenvalue weighted by Crippen LogP contribution is 2.29. The Balaban J connectivity index is 1.65. The summed E-state index contributed by atoms with van der Waals surface area (Å²) < 4.78 is 38.0. The van der Waals surface area contributed by atoms with Crippen LogP contribution in [0.2, 0.25) is 0 Å². The number of rotatable bonds is 5. The fourth-order valence-electron chi connectivity index (χ4n) is 3.16. The van der Waals surface area contributed by atoms with Gasteiger partial charge in [-0.2, -0.15) is 24.5 Å². The maximum atomic E-state index is 12.7. The number of thiophene rings is 1. The number of alkyl halides is 3. The van der Waals surface area contributed by atoms with Crippen molar-refractivity contribution in [2.45, 2.75) is 12.2 Å². The zero-order valence-electron chi connectivity index (χ0n) is 15.0. The first kappa shape index (κ1) is 19.9. The lowest BCUT2D eigenvalue weighted by molar-refractivity contribution is -0.137. The Hall–Kier alpha value is -1.90. The van der Waals surface area contributed by atoms with Crippen LogP contribution in [0.5, 0.6) is 0 Å². The van der Waals surface area contributed by atoms with E-state index < -0.39 is 11.7 Å². The third kappa shape index (κ3) is 5.09. The van der Waals surface area contributed by atoms with Gasteiger partial charge >= 0.3 is 6.18 Å². The highest BCUT2D eigenvalue weighted by molar-refractivity contribution is 7.07. The molecule has 1 fully saturated rings. The molecule has 1 aliphatic heterocycles. The van der Waals surface area contributed by atoms with Crippen molar-refractivity contribution in [2.24, 2.45) is 0 Å². The molecule has 0 radical (unpaired) electrons. The number of hydrogen-bond donors (Lipinski definition) is 1. The first-order valence-electron chi connectivity index (χ1n) is 8.75.